The first-order chi connectivity index (χ1) is 16.0. The maximum Gasteiger partial charge on any atom is 0.353 e. The van der Waals surface area contributed by atoms with Crippen LogP contribution >= 0.6 is 11.3 Å². The Bertz CT molecular complexity index is 1160. The zero-order valence-corrected chi connectivity index (χ0v) is 18.8. The third-order valence-electron chi connectivity index (χ3n) is 4.39. The molecule has 5 N–H and O–H groups in total. The number of amidine groups is 1. The van der Waals surface area contributed by atoms with Gasteiger partial charge in [0, 0.05) is 35.2 Å². The van der Waals surface area contributed by atoms with Crippen LogP contribution < -0.4 is 10.5 Å². The highest BCUT2D eigenvalue weighted by Crippen LogP contribution is 2.30. The minimum absolute atomic E-state index is 0.0655. The van der Waals surface area contributed by atoms with E-state index in [1.54, 1.807) is 6.07 Å². The molecule has 0 bridgehead atoms. The maximum atomic E-state index is 12.6. The van der Waals surface area contributed by atoms with E-state index in [2.05, 4.69) is 0 Å². The van der Waals surface area contributed by atoms with Crippen molar-refractivity contribution in [3.05, 3.63) is 61.3 Å². The summed E-state index contributed by atoms with van der Waals surface area (Å²) in [6.07, 6.45) is 1.70. The van der Waals surface area contributed by atoms with E-state index < -0.39 is 35.0 Å². The van der Waals surface area contributed by atoms with Gasteiger partial charge < -0.3 is 25.6 Å². The van der Waals surface area contributed by atoms with Gasteiger partial charge in [0.05, 0.1) is 4.92 Å². The van der Waals surface area contributed by atoms with Gasteiger partial charge in [-0.2, -0.15) is 0 Å². The Balaban J connectivity index is 2.19. The predicted octanol–water partition coefficient (Wildman–Crippen LogP) is 1.86. The molecule has 0 unspecified atom stereocenters. The number of nitrogens with one attached hydrogen (secondary N) is 1. The zero-order valence-electron chi connectivity index (χ0n) is 18.0. The van der Waals surface area contributed by atoms with Gasteiger partial charge in [-0.05, 0) is 43.7 Å². The van der Waals surface area contributed by atoms with Crippen molar-refractivity contribution in [1.82, 2.24) is 4.90 Å². The van der Waals surface area contributed by atoms with Crippen molar-refractivity contribution in [2.24, 2.45) is 5.73 Å². The number of carbonyl (C=O) groups excluding carboxylic acids is 2. The summed E-state index contributed by atoms with van der Waals surface area (Å²) in [7, 11) is 0. The Morgan fingerprint density at radius 3 is 2.59 bits per heavy atom. The molecule has 0 atom stereocenters. The molecule has 13 heteroatoms. The molecular weight excluding hydrogens is 468 g/mol. The number of aliphatic hydroxyl groups excluding tert-OH is 1. The van der Waals surface area contributed by atoms with Crippen LogP contribution in [-0.4, -0.2) is 63.4 Å². The Morgan fingerprint density at radius 2 is 2.00 bits per heavy atom. The minimum atomic E-state index is -1.19. The van der Waals surface area contributed by atoms with Crippen LogP contribution in [0.1, 0.15) is 33.5 Å². The van der Waals surface area contributed by atoms with Gasteiger partial charge >= 0.3 is 17.6 Å². The van der Waals surface area contributed by atoms with Crippen LogP contribution in [-0.2, 0) is 9.59 Å². The van der Waals surface area contributed by atoms with Crippen molar-refractivity contribution < 1.29 is 34.3 Å². The molecule has 2 rings (SSSR count). The lowest BCUT2D eigenvalue weighted by Crippen LogP contribution is -2.37. The number of nitro benzene ring substituents is 1. The number of nitrogen functional groups attached to an aromatic ring is 1. The minimum Gasteiger partial charge on any atom is -0.480 e. The zero-order chi connectivity index (χ0) is 25.4. The number of hydrogen-bond donors (Lipinski definition) is 4. The molecule has 1 amide bonds. The van der Waals surface area contributed by atoms with Gasteiger partial charge in [-0.3, -0.25) is 25.1 Å². The normalized spacial score (nSPS) is 11.1. The first-order valence-corrected chi connectivity index (χ1v) is 10.6. The van der Waals surface area contributed by atoms with Gasteiger partial charge in [-0.25, -0.2) is 4.79 Å². The van der Waals surface area contributed by atoms with Crippen molar-refractivity contribution >= 4 is 46.8 Å². The molecule has 0 aliphatic rings. The number of hydrogen-bond acceptors (Lipinski definition) is 9. The number of carboxylic acids is 1. The molecule has 12 nitrogen and oxygen atoms in total. The number of thiophene rings is 1. The largest absolute Gasteiger partial charge is 0.480 e. The van der Waals surface area contributed by atoms with E-state index in [1.807, 2.05) is 0 Å². The number of nitrogens with zero attached hydrogens (tertiary/aromatic N) is 2. The van der Waals surface area contributed by atoms with E-state index in [4.69, 9.17) is 26.1 Å². The van der Waals surface area contributed by atoms with Crippen molar-refractivity contribution in [2.45, 2.75) is 13.3 Å². The number of ether oxygens (including phenoxy) is 1. The molecule has 0 saturated carbocycles. The first-order valence-electron chi connectivity index (χ1n) is 9.78. The van der Waals surface area contributed by atoms with Crippen LogP contribution in [0.5, 0.6) is 5.75 Å². The van der Waals surface area contributed by atoms with E-state index in [-0.39, 0.29) is 47.2 Å². The summed E-state index contributed by atoms with van der Waals surface area (Å²) < 4.78 is 5.15. The molecule has 0 radical (unpaired) electrons. The quantitative estimate of drug-likeness (QED) is 0.0690. The van der Waals surface area contributed by atoms with E-state index >= 15 is 0 Å². The second-order valence-electron chi connectivity index (χ2n) is 6.97. The Hall–Kier alpha value is -4.10. The highest BCUT2D eigenvalue weighted by molar-refractivity contribution is 7.14. The van der Waals surface area contributed by atoms with E-state index in [0.29, 0.717) is 4.88 Å². The number of aliphatic carboxylic acids is 1. The lowest BCUT2D eigenvalue weighted by Gasteiger charge is -2.20. The van der Waals surface area contributed by atoms with Gasteiger partial charge in [0.1, 0.15) is 17.3 Å². The maximum absolute atomic E-state index is 12.6. The van der Waals surface area contributed by atoms with Crippen molar-refractivity contribution in [3.63, 3.8) is 0 Å². The molecule has 180 valence electrons. The molecular formula is C21H22N4O8S. The van der Waals surface area contributed by atoms with Crippen molar-refractivity contribution in [3.8, 4) is 5.75 Å². The van der Waals surface area contributed by atoms with E-state index in [0.717, 1.165) is 22.3 Å². The monoisotopic (exact) mass is 490 g/mol. The number of carbonyl (C=O) groups is 3. The number of benzene rings is 1. The van der Waals surface area contributed by atoms with Crippen molar-refractivity contribution in [2.75, 3.05) is 19.7 Å². The fraction of sp³-hybridized carbons (Fsp3) is 0.238. The molecule has 0 saturated heterocycles. The summed E-state index contributed by atoms with van der Waals surface area (Å²) in [6, 6.07) is 6.48. The molecule has 0 aliphatic carbocycles. The number of nitrogens with two attached hydrogens (primary N) is 1. The van der Waals surface area contributed by atoms with Crippen molar-refractivity contribution in [1.29, 1.82) is 5.41 Å². The third-order valence-corrected chi connectivity index (χ3v) is 5.41. The predicted molar refractivity (Wildman–Crippen MR) is 123 cm³/mol. The van der Waals surface area contributed by atoms with Crippen LogP contribution in [0.25, 0.3) is 6.08 Å². The van der Waals surface area contributed by atoms with Crippen LogP contribution in [0, 0.1) is 15.5 Å². The number of nitro groups is 1. The van der Waals surface area contributed by atoms with Crippen LogP contribution in [0.4, 0.5) is 5.69 Å². The fourth-order valence-electron chi connectivity index (χ4n) is 2.81. The fourth-order valence-corrected chi connectivity index (χ4v) is 3.69. The SMILES string of the molecule is C/C(=C\c1ccc(C(=O)Oc2ccc(C(=N)N)cc2[N+](=O)[O-])s1)C(=O)N(CCCO)CC(=O)O. The number of aliphatic hydroxyl groups is 1. The Labute approximate surface area is 197 Å². The molecule has 0 aliphatic heterocycles. The first kappa shape index (κ1) is 26.2. The van der Waals surface area contributed by atoms with Crippen LogP contribution in [0.15, 0.2) is 35.9 Å². The van der Waals surface area contributed by atoms with E-state index in [1.165, 1.54) is 31.2 Å². The molecule has 34 heavy (non-hydrogen) atoms. The van der Waals surface area contributed by atoms with Crippen LogP contribution in [0.3, 0.4) is 0 Å². The van der Waals surface area contributed by atoms with Gasteiger partial charge in [-0.15, -0.1) is 11.3 Å². The second-order valence-corrected chi connectivity index (χ2v) is 8.09. The van der Waals surface area contributed by atoms with Gasteiger partial charge in [0.2, 0.25) is 11.7 Å². The Kier molecular flexibility index (Phi) is 8.98. The molecule has 1 aromatic heterocycles. The van der Waals surface area contributed by atoms with E-state index in [9.17, 15) is 24.5 Å². The average molecular weight is 490 g/mol. The molecule has 0 spiro atoms. The number of rotatable bonds is 11. The summed E-state index contributed by atoms with van der Waals surface area (Å²) >= 11 is 0.970. The highest BCUT2D eigenvalue weighted by atomic mass is 32.1. The standard InChI is InChI=1S/C21H22N4O8S/c1-12(20(29)24(7-2-8-26)11-18(27)28)9-14-4-6-17(34-14)21(30)33-16-5-3-13(19(22)23)10-15(16)25(31)32/h3-6,9-10,26H,2,7-8,11H2,1H3,(H3,22,23)(H,27,28)/b12-9+. The molecule has 1 heterocycles. The van der Waals surface area contributed by atoms with Gasteiger partial charge in [0.15, 0.2) is 0 Å². The summed E-state index contributed by atoms with van der Waals surface area (Å²) in [5.74, 6) is -3.27. The summed E-state index contributed by atoms with van der Waals surface area (Å²) in [4.78, 5) is 48.4. The summed E-state index contributed by atoms with van der Waals surface area (Å²) in [5, 5.41) is 36.6. The van der Waals surface area contributed by atoms with Gasteiger partial charge in [0.25, 0.3) is 0 Å². The Morgan fingerprint density at radius 1 is 1.29 bits per heavy atom. The van der Waals surface area contributed by atoms with Crippen LogP contribution in [0.2, 0.25) is 0 Å². The molecule has 2 aromatic rings. The summed E-state index contributed by atoms with van der Waals surface area (Å²) in [5.41, 5.74) is 5.13. The lowest BCUT2D eigenvalue weighted by molar-refractivity contribution is -0.385. The highest BCUT2D eigenvalue weighted by Gasteiger charge is 2.22. The number of amides is 1. The average Bonchev–Trinajstić information content (AvgIpc) is 3.24. The number of esters is 1. The number of carboxylic acid groups (broad SMARTS) is 1. The molecule has 0 fully saturated rings. The smallest absolute Gasteiger partial charge is 0.353 e. The second kappa shape index (κ2) is 11.7. The molecule has 1 aromatic carbocycles. The van der Waals surface area contributed by atoms with Gasteiger partial charge in [-0.1, -0.05) is 0 Å². The third kappa shape index (κ3) is 6.95. The summed E-state index contributed by atoms with van der Waals surface area (Å²) in [6.45, 7) is 0.842. The lowest BCUT2D eigenvalue weighted by atomic mass is 10.1. The topological polar surface area (TPSA) is 197 Å².